The van der Waals surface area contributed by atoms with Crippen molar-refractivity contribution in [2.45, 2.75) is 109 Å². The van der Waals surface area contributed by atoms with Gasteiger partial charge in [0.05, 0.1) is 0 Å². The average Bonchev–Trinajstić information content (AvgIpc) is 2.89. The van der Waals surface area contributed by atoms with Gasteiger partial charge in [-0.25, -0.2) is 0 Å². The second-order valence-corrected chi connectivity index (χ2v) is 12.1. The van der Waals surface area contributed by atoms with Crippen molar-refractivity contribution in [3.8, 4) is 0 Å². The first kappa shape index (κ1) is 27.2. The highest BCUT2D eigenvalue weighted by Gasteiger charge is 2.53. The van der Waals surface area contributed by atoms with E-state index in [1.54, 1.807) is 0 Å². The van der Waals surface area contributed by atoms with E-state index >= 15 is 0 Å². The molecule has 1 aliphatic carbocycles. The molecular weight excluding hydrogens is 446 g/mol. The monoisotopic (exact) mass is 495 g/mol. The number of carbonyl (C=O) groups is 2. The van der Waals surface area contributed by atoms with Crippen LogP contribution < -0.4 is 5.32 Å². The second kappa shape index (κ2) is 13.1. The summed E-state index contributed by atoms with van der Waals surface area (Å²) in [6, 6.07) is 10.4. The van der Waals surface area contributed by atoms with Crippen molar-refractivity contribution >= 4 is 11.8 Å². The van der Waals surface area contributed by atoms with Crippen LogP contribution in [0.3, 0.4) is 0 Å². The molecule has 0 bridgehead atoms. The molecule has 200 valence electrons. The standard InChI is InChI=1S/C31H49N3O2/c1-25(2)23-28-29(35)34(24-27-16-10-6-11-17-27)31(30(36)32-28)18-21-33(22-19-31)20-12-4-3-7-13-26-14-8-5-9-15-26/h5,8-9,14-15,25,27-28H,3-4,6-7,10-13,16-24H2,1-2H3,(H,32,36)/t28-/m0/s1. The number of nitrogens with zero attached hydrogens (tertiary/aromatic N) is 2. The van der Waals surface area contributed by atoms with Crippen molar-refractivity contribution in [3.05, 3.63) is 35.9 Å². The number of piperazine rings is 1. The summed E-state index contributed by atoms with van der Waals surface area (Å²) < 4.78 is 0. The number of carbonyl (C=O) groups excluding carboxylic acids is 2. The minimum absolute atomic E-state index is 0.115. The molecule has 1 aromatic rings. The molecular formula is C31H49N3O2. The number of amides is 2. The molecule has 3 aliphatic rings. The molecule has 2 heterocycles. The van der Waals surface area contributed by atoms with Crippen LogP contribution in [0.1, 0.15) is 96.5 Å². The molecule has 0 unspecified atom stereocenters. The number of unbranched alkanes of at least 4 members (excludes halogenated alkanes) is 3. The Morgan fingerprint density at radius 3 is 2.33 bits per heavy atom. The maximum absolute atomic E-state index is 13.7. The Hall–Kier alpha value is -1.88. The van der Waals surface area contributed by atoms with Crippen LogP contribution in [0.25, 0.3) is 0 Å². The van der Waals surface area contributed by atoms with Crippen LogP contribution >= 0.6 is 0 Å². The van der Waals surface area contributed by atoms with Gasteiger partial charge in [0, 0.05) is 19.6 Å². The van der Waals surface area contributed by atoms with Gasteiger partial charge in [-0.3, -0.25) is 9.59 Å². The van der Waals surface area contributed by atoms with E-state index in [0.29, 0.717) is 11.8 Å². The normalized spacial score (nSPS) is 23.4. The van der Waals surface area contributed by atoms with Crippen LogP contribution in [0.2, 0.25) is 0 Å². The topological polar surface area (TPSA) is 52.7 Å². The molecule has 1 saturated carbocycles. The van der Waals surface area contributed by atoms with Gasteiger partial charge in [0.15, 0.2) is 0 Å². The average molecular weight is 496 g/mol. The summed E-state index contributed by atoms with van der Waals surface area (Å²) in [5.41, 5.74) is 0.807. The first-order valence-corrected chi connectivity index (χ1v) is 14.9. The molecule has 2 saturated heterocycles. The van der Waals surface area contributed by atoms with Crippen LogP contribution in [-0.2, 0) is 16.0 Å². The zero-order valence-corrected chi connectivity index (χ0v) is 22.9. The first-order valence-electron chi connectivity index (χ1n) is 14.9. The van der Waals surface area contributed by atoms with Crippen molar-refractivity contribution < 1.29 is 9.59 Å². The molecule has 1 atom stereocenters. The Morgan fingerprint density at radius 1 is 0.944 bits per heavy atom. The van der Waals surface area contributed by atoms with Crippen LogP contribution in [0, 0.1) is 11.8 Å². The molecule has 0 radical (unpaired) electrons. The second-order valence-electron chi connectivity index (χ2n) is 12.1. The van der Waals surface area contributed by atoms with Crippen molar-refractivity contribution in [3.63, 3.8) is 0 Å². The third-order valence-corrected chi connectivity index (χ3v) is 8.90. The summed E-state index contributed by atoms with van der Waals surface area (Å²) in [5, 5.41) is 3.17. The molecule has 2 amide bonds. The van der Waals surface area contributed by atoms with Crippen molar-refractivity contribution in [1.29, 1.82) is 0 Å². The van der Waals surface area contributed by atoms with Gasteiger partial charge in [-0.2, -0.15) is 0 Å². The molecule has 3 fully saturated rings. The first-order chi connectivity index (χ1) is 17.5. The highest BCUT2D eigenvalue weighted by Crippen LogP contribution is 2.36. The van der Waals surface area contributed by atoms with E-state index in [1.165, 1.54) is 69.8 Å². The van der Waals surface area contributed by atoms with Crippen molar-refractivity contribution in [2.75, 3.05) is 26.2 Å². The number of hydrogen-bond donors (Lipinski definition) is 1. The van der Waals surface area contributed by atoms with E-state index in [0.717, 1.165) is 45.4 Å². The van der Waals surface area contributed by atoms with E-state index in [4.69, 9.17) is 0 Å². The number of piperidine rings is 1. The zero-order valence-electron chi connectivity index (χ0n) is 22.9. The van der Waals surface area contributed by atoms with Gasteiger partial charge in [0.25, 0.3) is 0 Å². The number of likely N-dealkylation sites (tertiary alicyclic amines) is 1. The Balaban J connectivity index is 1.28. The van der Waals surface area contributed by atoms with Crippen LogP contribution in [0.5, 0.6) is 0 Å². The molecule has 0 aromatic heterocycles. The molecule has 1 spiro atoms. The third kappa shape index (κ3) is 6.90. The number of hydrogen-bond acceptors (Lipinski definition) is 3. The summed E-state index contributed by atoms with van der Waals surface area (Å²) >= 11 is 0. The van der Waals surface area contributed by atoms with Gasteiger partial charge >= 0.3 is 0 Å². The lowest BCUT2D eigenvalue weighted by atomic mass is 9.79. The predicted octanol–water partition coefficient (Wildman–Crippen LogP) is 5.58. The summed E-state index contributed by atoms with van der Waals surface area (Å²) in [5.74, 6) is 1.24. The van der Waals surface area contributed by atoms with Gasteiger partial charge in [-0.1, -0.05) is 76.3 Å². The van der Waals surface area contributed by atoms with Crippen molar-refractivity contribution in [2.24, 2.45) is 11.8 Å². The predicted molar refractivity (Wildman–Crippen MR) is 147 cm³/mol. The summed E-state index contributed by atoms with van der Waals surface area (Å²) in [4.78, 5) is 31.9. The van der Waals surface area contributed by atoms with Gasteiger partial charge in [0.1, 0.15) is 11.6 Å². The third-order valence-electron chi connectivity index (χ3n) is 8.90. The van der Waals surface area contributed by atoms with Crippen LogP contribution in [0.15, 0.2) is 30.3 Å². The smallest absolute Gasteiger partial charge is 0.246 e. The van der Waals surface area contributed by atoms with E-state index in [2.05, 4.69) is 59.3 Å². The van der Waals surface area contributed by atoms with Crippen LogP contribution in [0.4, 0.5) is 0 Å². The lowest BCUT2D eigenvalue weighted by Crippen LogP contribution is -2.73. The Kier molecular flexibility index (Phi) is 9.87. The Morgan fingerprint density at radius 2 is 1.64 bits per heavy atom. The molecule has 1 aromatic carbocycles. The summed E-state index contributed by atoms with van der Waals surface area (Å²) in [7, 11) is 0. The number of rotatable bonds is 11. The van der Waals surface area contributed by atoms with Gasteiger partial charge in [-0.05, 0) is 75.3 Å². The van der Waals surface area contributed by atoms with Crippen LogP contribution in [-0.4, -0.2) is 59.4 Å². The Labute approximate surface area is 219 Å². The number of benzene rings is 1. The molecule has 5 heteroatoms. The highest BCUT2D eigenvalue weighted by molar-refractivity contribution is 6.00. The van der Waals surface area contributed by atoms with E-state index in [-0.39, 0.29) is 17.9 Å². The maximum Gasteiger partial charge on any atom is 0.246 e. The number of nitrogens with one attached hydrogen (secondary N) is 1. The summed E-state index contributed by atoms with van der Waals surface area (Å²) in [6.07, 6.45) is 14.7. The largest absolute Gasteiger partial charge is 0.342 e. The number of aryl methyl sites for hydroxylation is 1. The Bertz CT molecular complexity index is 825. The van der Waals surface area contributed by atoms with E-state index in [1.807, 2.05) is 0 Å². The van der Waals surface area contributed by atoms with Crippen molar-refractivity contribution in [1.82, 2.24) is 15.1 Å². The minimum Gasteiger partial charge on any atom is -0.342 e. The lowest BCUT2D eigenvalue weighted by Gasteiger charge is -2.53. The lowest BCUT2D eigenvalue weighted by molar-refractivity contribution is -0.163. The molecule has 5 nitrogen and oxygen atoms in total. The highest BCUT2D eigenvalue weighted by atomic mass is 16.2. The fourth-order valence-corrected chi connectivity index (χ4v) is 6.71. The molecule has 2 aliphatic heterocycles. The maximum atomic E-state index is 13.7. The molecule has 1 N–H and O–H groups in total. The van der Waals surface area contributed by atoms with E-state index < -0.39 is 5.54 Å². The fraction of sp³-hybridized carbons (Fsp3) is 0.742. The summed E-state index contributed by atoms with van der Waals surface area (Å²) in [6.45, 7) is 7.99. The molecule has 4 rings (SSSR count). The van der Waals surface area contributed by atoms with Gasteiger partial charge < -0.3 is 15.1 Å². The quantitative estimate of drug-likeness (QED) is 0.408. The minimum atomic E-state index is -0.631. The fourth-order valence-electron chi connectivity index (χ4n) is 6.71. The SMILES string of the molecule is CC(C)C[C@@H]1NC(=O)C2(CCN(CCCCCCc3ccccc3)CC2)N(CC2CCCCC2)C1=O. The van der Waals surface area contributed by atoms with Gasteiger partial charge in [-0.15, -0.1) is 0 Å². The van der Waals surface area contributed by atoms with Gasteiger partial charge in [0.2, 0.25) is 11.8 Å². The van der Waals surface area contributed by atoms with E-state index in [9.17, 15) is 9.59 Å². The molecule has 36 heavy (non-hydrogen) atoms. The zero-order chi connectivity index (χ0) is 25.4.